The minimum Gasteiger partial charge on any atom is -0.381 e. The number of hydrogen-bond acceptors (Lipinski definition) is 4. The molecule has 0 aromatic heterocycles. The van der Waals surface area contributed by atoms with Gasteiger partial charge in [-0.25, -0.2) is 0 Å². The highest BCUT2D eigenvalue weighted by Gasteiger charge is 2.13. The second-order valence-electron chi connectivity index (χ2n) is 4.56. The van der Waals surface area contributed by atoms with E-state index in [1.165, 1.54) is 0 Å². The zero-order chi connectivity index (χ0) is 14.4. The Hall–Kier alpha value is -1.92. The number of aliphatic hydroxyl groups excluding tert-OH is 1. The molecular formula is C13H19N3O3. The van der Waals surface area contributed by atoms with E-state index in [1.54, 1.807) is 12.1 Å². The van der Waals surface area contributed by atoms with E-state index in [0.29, 0.717) is 5.56 Å². The summed E-state index contributed by atoms with van der Waals surface area (Å²) in [6.45, 7) is 0.607. The van der Waals surface area contributed by atoms with Crippen molar-refractivity contribution in [3.8, 4) is 0 Å². The van der Waals surface area contributed by atoms with Crippen molar-refractivity contribution in [1.82, 2.24) is 10.2 Å². The Morgan fingerprint density at radius 3 is 2.37 bits per heavy atom. The van der Waals surface area contributed by atoms with Crippen molar-refractivity contribution in [1.29, 1.82) is 0 Å². The number of nitrogens with zero attached hydrogens (tertiary/aromatic N) is 1. The summed E-state index contributed by atoms with van der Waals surface area (Å²) in [7, 11) is 3.93. The monoisotopic (exact) mass is 265 g/mol. The predicted octanol–water partition coefficient (Wildman–Crippen LogP) is -0.676. The summed E-state index contributed by atoms with van der Waals surface area (Å²) in [4.78, 5) is 24.4. The maximum absolute atomic E-state index is 11.7. The van der Waals surface area contributed by atoms with E-state index >= 15 is 0 Å². The quantitative estimate of drug-likeness (QED) is 0.635. The van der Waals surface area contributed by atoms with Gasteiger partial charge in [-0.05, 0) is 31.8 Å². The first kappa shape index (κ1) is 15.1. The number of rotatable bonds is 6. The Bertz CT molecular complexity index is 443. The van der Waals surface area contributed by atoms with Gasteiger partial charge in [0, 0.05) is 12.1 Å². The SMILES string of the molecule is CN(C)Cc1ccc(C(=O)NCC(O)C(N)=O)cc1. The molecule has 0 saturated carbocycles. The van der Waals surface area contributed by atoms with Gasteiger partial charge in [-0.2, -0.15) is 0 Å². The molecule has 0 spiro atoms. The highest BCUT2D eigenvalue weighted by Crippen LogP contribution is 2.06. The molecule has 6 heteroatoms. The molecule has 6 nitrogen and oxygen atoms in total. The molecule has 4 N–H and O–H groups in total. The standard InChI is InChI=1S/C13H19N3O3/c1-16(2)8-9-3-5-10(6-4-9)13(19)15-7-11(17)12(14)18/h3-6,11,17H,7-8H2,1-2H3,(H2,14,18)(H,15,19). The van der Waals surface area contributed by atoms with Crippen LogP contribution in [-0.2, 0) is 11.3 Å². The van der Waals surface area contributed by atoms with Gasteiger partial charge >= 0.3 is 0 Å². The minimum atomic E-state index is -1.36. The van der Waals surface area contributed by atoms with Gasteiger partial charge in [-0.15, -0.1) is 0 Å². The molecule has 104 valence electrons. The Labute approximate surface area is 112 Å². The molecule has 1 rings (SSSR count). The van der Waals surface area contributed by atoms with Gasteiger partial charge < -0.3 is 21.1 Å². The van der Waals surface area contributed by atoms with Crippen LogP contribution in [0.3, 0.4) is 0 Å². The van der Waals surface area contributed by atoms with Crippen molar-refractivity contribution >= 4 is 11.8 Å². The average molecular weight is 265 g/mol. The number of nitrogens with one attached hydrogen (secondary N) is 1. The van der Waals surface area contributed by atoms with Crippen molar-refractivity contribution in [2.45, 2.75) is 12.6 Å². The first-order valence-corrected chi connectivity index (χ1v) is 5.89. The topological polar surface area (TPSA) is 95.7 Å². The lowest BCUT2D eigenvalue weighted by atomic mass is 10.1. The molecule has 0 bridgehead atoms. The predicted molar refractivity (Wildman–Crippen MR) is 71.4 cm³/mol. The van der Waals surface area contributed by atoms with Crippen molar-refractivity contribution in [3.05, 3.63) is 35.4 Å². The molecule has 1 aromatic rings. The maximum Gasteiger partial charge on any atom is 0.251 e. The molecular weight excluding hydrogens is 246 g/mol. The summed E-state index contributed by atoms with van der Waals surface area (Å²) < 4.78 is 0. The zero-order valence-corrected chi connectivity index (χ0v) is 11.1. The van der Waals surface area contributed by atoms with Crippen LogP contribution in [0.5, 0.6) is 0 Å². The van der Waals surface area contributed by atoms with Gasteiger partial charge in [0.1, 0.15) is 6.10 Å². The van der Waals surface area contributed by atoms with E-state index in [9.17, 15) is 14.7 Å². The first-order valence-electron chi connectivity index (χ1n) is 5.89. The van der Waals surface area contributed by atoms with E-state index < -0.39 is 12.0 Å². The van der Waals surface area contributed by atoms with Crippen LogP contribution in [0.2, 0.25) is 0 Å². The number of aliphatic hydroxyl groups is 1. The van der Waals surface area contributed by atoms with Crippen LogP contribution >= 0.6 is 0 Å². The van der Waals surface area contributed by atoms with Crippen LogP contribution in [0.25, 0.3) is 0 Å². The van der Waals surface area contributed by atoms with Crippen LogP contribution in [0, 0.1) is 0 Å². The van der Waals surface area contributed by atoms with E-state index in [0.717, 1.165) is 12.1 Å². The number of carbonyl (C=O) groups is 2. The Kier molecular flexibility index (Phi) is 5.47. The third-order valence-corrected chi connectivity index (χ3v) is 2.50. The lowest BCUT2D eigenvalue weighted by Crippen LogP contribution is -2.39. The largest absolute Gasteiger partial charge is 0.381 e. The Balaban J connectivity index is 2.55. The van der Waals surface area contributed by atoms with E-state index in [-0.39, 0.29) is 12.5 Å². The average Bonchev–Trinajstić information content (AvgIpc) is 2.35. The van der Waals surface area contributed by atoms with Crippen LogP contribution < -0.4 is 11.1 Å². The van der Waals surface area contributed by atoms with Crippen molar-refractivity contribution in [2.75, 3.05) is 20.6 Å². The summed E-state index contributed by atoms with van der Waals surface area (Å²) in [6, 6.07) is 7.12. The Morgan fingerprint density at radius 2 is 1.89 bits per heavy atom. The summed E-state index contributed by atoms with van der Waals surface area (Å²) in [5.41, 5.74) is 6.45. The molecule has 2 amide bonds. The molecule has 1 atom stereocenters. The van der Waals surface area contributed by atoms with Gasteiger partial charge in [0.2, 0.25) is 5.91 Å². The van der Waals surface area contributed by atoms with Gasteiger partial charge in [0.05, 0.1) is 6.54 Å². The van der Waals surface area contributed by atoms with Gasteiger partial charge in [0.15, 0.2) is 0 Å². The van der Waals surface area contributed by atoms with E-state index in [2.05, 4.69) is 5.32 Å². The number of carbonyl (C=O) groups excluding carboxylic acids is 2. The normalized spacial score (nSPS) is 12.2. The smallest absolute Gasteiger partial charge is 0.251 e. The fraction of sp³-hybridized carbons (Fsp3) is 0.385. The number of amides is 2. The van der Waals surface area contributed by atoms with Crippen LogP contribution in [0.4, 0.5) is 0 Å². The fourth-order valence-corrected chi connectivity index (χ4v) is 1.52. The summed E-state index contributed by atoms with van der Waals surface area (Å²) in [5.74, 6) is -1.21. The summed E-state index contributed by atoms with van der Waals surface area (Å²) in [5, 5.41) is 11.6. The van der Waals surface area contributed by atoms with E-state index in [1.807, 2.05) is 31.1 Å². The number of benzene rings is 1. The molecule has 0 aliphatic heterocycles. The molecule has 0 heterocycles. The maximum atomic E-state index is 11.7. The number of primary amides is 1. The molecule has 1 unspecified atom stereocenters. The molecule has 0 aliphatic rings. The van der Waals surface area contributed by atoms with Crippen LogP contribution in [-0.4, -0.2) is 48.6 Å². The van der Waals surface area contributed by atoms with Gasteiger partial charge in [0.25, 0.3) is 5.91 Å². The van der Waals surface area contributed by atoms with Gasteiger partial charge in [-0.1, -0.05) is 12.1 Å². The lowest BCUT2D eigenvalue weighted by molar-refractivity contribution is -0.125. The van der Waals surface area contributed by atoms with Crippen LogP contribution in [0.1, 0.15) is 15.9 Å². The van der Waals surface area contributed by atoms with Crippen LogP contribution in [0.15, 0.2) is 24.3 Å². The molecule has 0 aliphatic carbocycles. The van der Waals surface area contributed by atoms with Crippen molar-refractivity contribution < 1.29 is 14.7 Å². The second-order valence-corrected chi connectivity index (χ2v) is 4.56. The van der Waals surface area contributed by atoms with Gasteiger partial charge in [-0.3, -0.25) is 9.59 Å². The van der Waals surface area contributed by atoms with Crippen molar-refractivity contribution in [3.63, 3.8) is 0 Å². The molecule has 1 aromatic carbocycles. The first-order chi connectivity index (χ1) is 8.90. The summed E-state index contributed by atoms with van der Waals surface area (Å²) >= 11 is 0. The Morgan fingerprint density at radius 1 is 1.32 bits per heavy atom. The molecule has 0 fully saturated rings. The molecule has 0 radical (unpaired) electrons. The highest BCUT2D eigenvalue weighted by molar-refractivity contribution is 5.94. The fourth-order valence-electron chi connectivity index (χ4n) is 1.52. The number of hydrogen-bond donors (Lipinski definition) is 3. The lowest BCUT2D eigenvalue weighted by Gasteiger charge is -2.11. The molecule has 0 saturated heterocycles. The second kappa shape index (κ2) is 6.86. The zero-order valence-electron chi connectivity index (χ0n) is 11.1. The van der Waals surface area contributed by atoms with E-state index in [4.69, 9.17) is 5.73 Å². The third-order valence-electron chi connectivity index (χ3n) is 2.50. The number of nitrogens with two attached hydrogens (primary N) is 1. The summed E-state index contributed by atoms with van der Waals surface area (Å²) in [6.07, 6.45) is -1.36. The minimum absolute atomic E-state index is 0.187. The molecule has 19 heavy (non-hydrogen) atoms. The van der Waals surface area contributed by atoms with Crippen molar-refractivity contribution in [2.24, 2.45) is 5.73 Å². The third kappa shape index (κ3) is 5.07. The highest BCUT2D eigenvalue weighted by atomic mass is 16.3.